The predicted octanol–water partition coefficient (Wildman–Crippen LogP) is 5.16. The number of nitroso groups, excluding NO2 is 1. The van der Waals surface area contributed by atoms with Gasteiger partial charge >= 0.3 is 6.03 Å². The first-order valence-electron chi connectivity index (χ1n) is 11.1. The number of carbonyl (C=O) groups is 2. The molecule has 0 heterocycles. The summed E-state index contributed by atoms with van der Waals surface area (Å²) >= 11 is 0. The van der Waals surface area contributed by atoms with E-state index in [4.69, 9.17) is 5.53 Å². The molecule has 182 valence electrons. The third-order valence-corrected chi connectivity index (χ3v) is 5.21. The summed E-state index contributed by atoms with van der Waals surface area (Å²) in [6.07, 6.45) is -0.203. The van der Waals surface area contributed by atoms with Gasteiger partial charge in [0, 0.05) is 10.9 Å². The van der Waals surface area contributed by atoms with Crippen molar-refractivity contribution < 1.29 is 14.8 Å². The van der Waals surface area contributed by atoms with Crippen molar-refractivity contribution in [1.82, 2.24) is 9.96 Å². The van der Waals surface area contributed by atoms with Gasteiger partial charge in [-0.1, -0.05) is 62.7 Å². The lowest BCUT2D eigenvalue weighted by atomic mass is 10.0. The Labute approximate surface area is 199 Å². The third kappa shape index (κ3) is 7.73. The fraction of sp³-hybridized carbons (Fsp3) is 0.417. The van der Waals surface area contributed by atoms with Crippen molar-refractivity contribution in [3.63, 3.8) is 0 Å². The van der Waals surface area contributed by atoms with Gasteiger partial charge in [0.25, 0.3) is 5.91 Å². The van der Waals surface area contributed by atoms with Crippen LogP contribution in [0.5, 0.6) is 0 Å². The lowest BCUT2D eigenvalue weighted by molar-refractivity contribution is -0.125. The molecular weight excluding hydrogens is 436 g/mol. The van der Waals surface area contributed by atoms with Crippen LogP contribution in [-0.4, -0.2) is 39.9 Å². The fourth-order valence-electron chi connectivity index (χ4n) is 3.34. The highest BCUT2D eigenvalue weighted by Crippen LogP contribution is 2.19. The molecule has 10 heteroatoms. The normalized spacial score (nSPS) is 12.5. The number of carbonyl (C=O) groups excluding carboxylic acids is 2. The number of hydrogen-bond donors (Lipinski definition) is 3. The topological polar surface area (TPSA) is 139 Å². The molecule has 0 aliphatic rings. The molecule has 0 aliphatic carbocycles. The zero-order valence-corrected chi connectivity index (χ0v) is 19.9. The molecule has 0 aromatic heterocycles. The van der Waals surface area contributed by atoms with Gasteiger partial charge in [0.15, 0.2) is 0 Å². The molecule has 10 nitrogen and oxygen atoms in total. The second kappa shape index (κ2) is 12.5. The van der Waals surface area contributed by atoms with E-state index in [0.717, 1.165) is 23.1 Å². The van der Waals surface area contributed by atoms with Gasteiger partial charge in [-0.05, 0) is 42.5 Å². The summed E-state index contributed by atoms with van der Waals surface area (Å²) in [5.74, 6) is -1.45. The number of urea groups is 1. The molecule has 3 N–H and O–H groups in total. The molecule has 2 atom stereocenters. The van der Waals surface area contributed by atoms with Gasteiger partial charge in [-0.25, -0.2) is 15.4 Å². The number of hydroxylamine groups is 2. The summed E-state index contributed by atoms with van der Waals surface area (Å²) in [5.41, 5.74) is 11.3. The van der Waals surface area contributed by atoms with Crippen molar-refractivity contribution >= 4 is 17.6 Å². The molecule has 0 fully saturated rings. The van der Waals surface area contributed by atoms with Crippen LogP contribution >= 0.6 is 0 Å². The maximum Gasteiger partial charge on any atom is 0.347 e. The molecule has 2 aromatic carbocycles. The molecule has 3 amide bonds. The minimum atomic E-state index is -1.13. The molecule has 2 rings (SSSR count). The first-order valence-corrected chi connectivity index (χ1v) is 11.1. The SMILES string of the molecule is Cc1ccc(CN(C(=O)N(O)C[C@H](C)C(=O)N=O)C(N=N)Nc2ccc(CC(C)C)cc2)cc1. The Hall–Kier alpha value is -3.66. The molecule has 0 saturated heterocycles. The Morgan fingerprint density at radius 3 is 2.15 bits per heavy atom. The lowest BCUT2D eigenvalue weighted by Gasteiger charge is -2.32. The third-order valence-electron chi connectivity index (χ3n) is 5.21. The van der Waals surface area contributed by atoms with Gasteiger partial charge in [-0.15, -0.1) is 10.0 Å². The van der Waals surface area contributed by atoms with Crippen molar-refractivity contribution in [3.8, 4) is 0 Å². The van der Waals surface area contributed by atoms with Crippen LogP contribution < -0.4 is 5.32 Å². The molecule has 0 aliphatic heterocycles. The highest BCUT2D eigenvalue weighted by atomic mass is 16.5. The Bertz CT molecular complexity index is 978. The van der Waals surface area contributed by atoms with Gasteiger partial charge in [0.05, 0.1) is 19.0 Å². The second-order valence-electron chi connectivity index (χ2n) is 8.75. The quantitative estimate of drug-likeness (QED) is 0.137. The van der Waals surface area contributed by atoms with Gasteiger partial charge < -0.3 is 5.32 Å². The van der Waals surface area contributed by atoms with E-state index < -0.39 is 30.7 Å². The molecule has 1 unspecified atom stereocenters. The highest BCUT2D eigenvalue weighted by Gasteiger charge is 2.30. The van der Waals surface area contributed by atoms with Crippen molar-refractivity contribution in [2.75, 3.05) is 11.9 Å². The van der Waals surface area contributed by atoms with Crippen molar-refractivity contribution in [2.45, 2.75) is 47.0 Å². The molecule has 34 heavy (non-hydrogen) atoms. The zero-order chi connectivity index (χ0) is 25.3. The maximum absolute atomic E-state index is 13.1. The van der Waals surface area contributed by atoms with E-state index in [2.05, 4.69) is 29.5 Å². The van der Waals surface area contributed by atoms with Crippen LogP contribution in [0.1, 0.15) is 37.5 Å². The van der Waals surface area contributed by atoms with Crippen LogP contribution in [0.4, 0.5) is 10.5 Å². The first kappa shape index (κ1) is 26.6. The van der Waals surface area contributed by atoms with Crippen LogP contribution in [0.2, 0.25) is 0 Å². The van der Waals surface area contributed by atoms with E-state index in [9.17, 15) is 19.7 Å². The fourth-order valence-corrected chi connectivity index (χ4v) is 3.34. The lowest BCUT2D eigenvalue weighted by Crippen LogP contribution is -2.50. The molecule has 0 spiro atoms. The van der Waals surface area contributed by atoms with E-state index >= 15 is 0 Å². The summed E-state index contributed by atoms with van der Waals surface area (Å²) in [6.45, 7) is 7.20. The summed E-state index contributed by atoms with van der Waals surface area (Å²) in [5, 5.41) is 19.7. The van der Waals surface area contributed by atoms with E-state index in [0.29, 0.717) is 16.7 Å². The number of amides is 3. The van der Waals surface area contributed by atoms with Crippen LogP contribution in [0.25, 0.3) is 0 Å². The van der Waals surface area contributed by atoms with Crippen LogP contribution in [0.15, 0.2) is 58.8 Å². The maximum atomic E-state index is 13.1. The number of nitrogens with zero attached hydrogens (tertiary/aromatic N) is 4. The van der Waals surface area contributed by atoms with E-state index in [1.54, 1.807) is 0 Å². The van der Waals surface area contributed by atoms with Crippen molar-refractivity contribution in [3.05, 3.63) is 70.1 Å². The molecule has 0 radical (unpaired) electrons. The van der Waals surface area contributed by atoms with Gasteiger partial charge in [0.1, 0.15) is 0 Å². The van der Waals surface area contributed by atoms with Gasteiger partial charge in [-0.3, -0.25) is 14.9 Å². The largest absolute Gasteiger partial charge is 0.347 e. The second-order valence-corrected chi connectivity index (χ2v) is 8.75. The Kier molecular flexibility index (Phi) is 9.81. The zero-order valence-electron chi connectivity index (χ0n) is 19.9. The van der Waals surface area contributed by atoms with Gasteiger partial charge in [0.2, 0.25) is 6.29 Å². The number of anilines is 1. The summed E-state index contributed by atoms with van der Waals surface area (Å²) in [7, 11) is 0. The monoisotopic (exact) mass is 468 g/mol. The van der Waals surface area contributed by atoms with Crippen molar-refractivity contribution in [2.24, 2.45) is 22.1 Å². The predicted molar refractivity (Wildman–Crippen MR) is 128 cm³/mol. The number of rotatable bonds is 11. The standard InChI is InChI=1S/C24H32N6O4/c1-16(2)13-19-9-11-21(12-10-19)26-23(27-25)29(15-20-7-5-17(3)6-8-20)24(32)30(34)14-18(4)22(31)28-33/h5-12,16,18,23,25-26,34H,13-15H2,1-4H3/t18-,23?/m0/s1. The molecule has 0 bridgehead atoms. The summed E-state index contributed by atoms with van der Waals surface area (Å²) < 4.78 is 0. The Balaban J connectivity index is 2.27. The number of aryl methyl sites for hydroxylation is 1. The van der Waals surface area contributed by atoms with Crippen LogP contribution in [-0.2, 0) is 17.8 Å². The van der Waals surface area contributed by atoms with E-state index in [1.807, 2.05) is 55.5 Å². The number of benzene rings is 2. The molecular formula is C24H32N6O4. The first-order chi connectivity index (χ1) is 16.1. The van der Waals surface area contributed by atoms with E-state index in [-0.39, 0.29) is 6.54 Å². The highest BCUT2D eigenvalue weighted by molar-refractivity contribution is 5.80. The van der Waals surface area contributed by atoms with Crippen LogP contribution in [0.3, 0.4) is 0 Å². The number of nitrogens with one attached hydrogen (secondary N) is 2. The van der Waals surface area contributed by atoms with Gasteiger partial charge in [-0.2, -0.15) is 0 Å². The smallest absolute Gasteiger partial charge is 0.345 e. The summed E-state index contributed by atoms with van der Waals surface area (Å²) in [6, 6.07) is 14.2. The molecule has 0 saturated carbocycles. The number of hydrogen-bond acceptors (Lipinski definition) is 7. The minimum Gasteiger partial charge on any atom is -0.345 e. The summed E-state index contributed by atoms with van der Waals surface area (Å²) in [4.78, 5) is 36.3. The van der Waals surface area contributed by atoms with Crippen LogP contribution in [0, 0.1) is 29.2 Å². The minimum absolute atomic E-state index is 0.0376. The average molecular weight is 469 g/mol. The Morgan fingerprint density at radius 1 is 1.03 bits per heavy atom. The van der Waals surface area contributed by atoms with E-state index in [1.165, 1.54) is 11.8 Å². The molecule has 2 aromatic rings. The Morgan fingerprint density at radius 2 is 1.62 bits per heavy atom. The van der Waals surface area contributed by atoms with Crippen molar-refractivity contribution in [1.29, 1.82) is 5.53 Å². The average Bonchev–Trinajstić information content (AvgIpc) is 2.82.